The third kappa shape index (κ3) is 4.90. The molecule has 0 radical (unpaired) electrons. The second kappa shape index (κ2) is 8.80. The van der Waals surface area contributed by atoms with E-state index in [4.69, 9.17) is 0 Å². The lowest BCUT2D eigenvalue weighted by Gasteiger charge is -2.12. The molecule has 0 aliphatic carbocycles. The van der Waals surface area contributed by atoms with Crippen LogP contribution in [0.3, 0.4) is 0 Å². The van der Waals surface area contributed by atoms with E-state index >= 15 is 0 Å². The molecule has 2 N–H and O–H groups in total. The van der Waals surface area contributed by atoms with Crippen LogP contribution >= 0.6 is 11.8 Å². The summed E-state index contributed by atoms with van der Waals surface area (Å²) >= 11 is 1.43. The Labute approximate surface area is 146 Å². The Morgan fingerprint density at radius 2 is 1.67 bits per heavy atom. The molecule has 0 unspecified atom stereocenters. The fourth-order valence-electron chi connectivity index (χ4n) is 2.00. The van der Waals surface area contributed by atoms with Crippen LogP contribution in [-0.4, -0.2) is 11.7 Å². The van der Waals surface area contributed by atoms with Crippen molar-refractivity contribution in [2.75, 3.05) is 16.4 Å². The molecule has 2 aromatic carbocycles. The molecule has 122 valence electrons. The molecule has 0 aliphatic heterocycles. The first kappa shape index (κ1) is 17.6. The molecule has 5 heteroatoms. The molecule has 0 bridgehead atoms. The molecule has 4 nitrogen and oxygen atoms in total. The van der Waals surface area contributed by atoms with E-state index in [2.05, 4.69) is 10.6 Å². The monoisotopic (exact) mass is 337 g/mol. The van der Waals surface area contributed by atoms with Crippen LogP contribution < -0.4 is 10.6 Å². The van der Waals surface area contributed by atoms with Crippen molar-refractivity contribution in [2.45, 2.75) is 13.8 Å². The number of thioether (sulfide) groups is 1. The topological polar surface area (TPSA) is 64.9 Å². The number of benzene rings is 2. The SMILES string of the molecule is CCS/C(Nc1ccccc1)=C(\C#N)C(=O)Nc1ccc(C)cc1. The lowest BCUT2D eigenvalue weighted by molar-refractivity contribution is -0.112. The Balaban J connectivity index is 2.25. The first-order valence-corrected chi connectivity index (χ1v) is 8.60. The van der Waals surface area contributed by atoms with Crippen LogP contribution in [-0.2, 0) is 4.79 Å². The highest BCUT2D eigenvalue weighted by molar-refractivity contribution is 8.03. The van der Waals surface area contributed by atoms with Crippen LogP contribution in [0.15, 0.2) is 65.2 Å². The smallest absolute Gasteiger partial charge is 0.269 e. The number of nitrogens with one attached hydrogen (secondary N) is 2. The highest BCUT2D eigenvalue weighted by Crippen LogP contribution is 2.23. The molecule has 2 rings (SSSR count). The number of carbonyl (C=O) groups is 1. The lowest BCUT2D eigenvalue weighted by Crippen LogP contribution is -2.17. The molecule has 0 fully saturated rings. The standard InChI is InChI=1S/C19H19N3OS/c1-3-24-19(22-15-7-5-4-6-8-15)17(13-20)18(23)21-16-11-9-14(2)10-12-16/h4-12,22H,3H2,1-2H3,(H,21,23)/b19-17+. The average Bonchev–Trinajstić information content (AvgIpc) is 2.59. The molecule has 0 saturated carbocycles. The van der Waals surface area contributed by atoms with Gasteiger partial charge in [0.1, 0.15) is 11.6 Å². The van der Waals surface area contributed by atoms with Crippen LogP contribution in [0, 0.1) is 18.3 Å². The largest absolute Gasteiger partial charge is 0.349 e. The second-order valence-corrected chi connectivity index (χ2v) is 6.33. The first-order valence-electron chi connectivity index (χ1n) is 7.61. The van der Waals surface area contributed by atoms with E-state index in [1.807, 2.05) is 74.5 Å². The van der Waals surface area contributed by atoms with Crippen LogP contribution in [0.4, 0.5) is 11.4 Å². The van der Waals surface area contributed by atoms with E-state index in [1.165, 1.54) is 11.8 Å². The van der Waals surface area contributed by atoms with E-state index in [-0.39, 0.29) is 5.57 Å². The maximum atomic E-state index is 12.5. The van der Waals surface area contributed by atoms with E-state index in [1.54, 1.807) is 0 Å². The van der Waals surface area contributed by atoms with Crippen molar-refractivity contribution in [3.8, 4) is 6.07 Å². The van der Waals surface area contributed by atoms with Crippen LogP contribution in [0.5, 0.6) is 0 Å². The van der Waals surface area contributed by atoms with Crippen molar-refractivity contribution in [2.24, 2.45) is 0 Å². The fraction of sp³-hybridized carbons (Fsp3) is 0.158. The number of aryl methyl sites for hydroxylation is 1. The van der Waals surface area contributed by atoms with Gasteiger partial charge in [-0.1, -0.05) is 42.8 Å². The minimum absolute atomic E-state index is 0.0753. The van der Waals surface area contributed by atoms with E-state index in [0.717, 1.165) is 17.0 Å². The van der Waals surface area contributed by atoms with Crippen LogP contribution in [0.1, 0.15) is 12.5 Å². The zero-order valence-electron chi connectivity index (χ0n) is 13.7. The van der Waals surface area contributed by atoms with Gasteiger partial charge in [0, 0.05) is 11.4 Å². The van der Waals surface area contributed by atoms with Crippen molar-refractivity contribution in [1.82, 2.24) is 0 Å². The predicted octanol–water partition coefficient (Wildman–Crippen LogP) is 4.53. The fourth-order valence-corrected chi connectivity index (χ4v) is 2.76. The highest BCUT2D eigenvalue weighted by Gasteiger charge is 2.16. The van der Waals surface area contributed by atoms with Crippen LogP contribution in [0.25, 0.3) is 0 Å². The summed E-state index contributed by atoms with van der Waals surface area (Å²) in [6.45, 7) is 3.95. The van der Waals surface area contributed by atoms with Gasteiger partial charge in [-0.2, -0.15) is 5.26 Å². The van der Waals surface area contributed by atoms with E-state index in [9.17, 15) is 10.1 Å². The van der Waals surface area contributed by atoms with Crippen LogP contribution in [0.2, 0.25) is 0 Å². The van der Waals surface area contributed by atoms with Gasteiger partial charge >= 0.3 is 0 Å². The summed E-state index contributed by atoms with van der Waals surface area (Å²) in [5.41, 5.74) is 2.69. The molecule has 0 atom stereocenters. The summed E-state index contributed by atoms with van der Waals surface area (Å²) in [5, 5.41) is 16.0. The van der Waals surface area contributed by atoms with Crippen molar-refractivity contribution >= 4 is 29.0 Å². The normalized spacial score (nSPS) is 11.2. The molecule has 1 amide bonds. The second-order valence-electron chi connectivity index (χ2n) is 5.06. The number of rotatable bonds is 6. The van der Waals surface area contributed by atoms with Gasteiger partial charge in [-0.05, 0) is 36.9 Å². The molecule has 0 spiro atoms. The van der Waals surface area contributed by atoms with Gasteiger partial charge in [0.2, 0.25) is 0 Å². The molecule has 0 saturated heterocycles. The van der Waals surface area contributed by atoms with Gasteiger partial charge in [-0.3, -0.25) is 4.79 Å². The van der Waals surface area contributed by atoms with Crippen molar-refractivity contribution in [3.63, 3.8) is 0 Å². The summed E-state index contributed by atoms with van der Waals surface area (Å²) in [7, 11) is 0. The van der Waals surface area contributed by atoms with Crippen molar-refractivity contribution < 1.29 is 4.79 Å². The van der Waals surface area contributed by atoms with E-state index in [0.29, 0.717) is 10.7 Å². The number of amides is 1. The summed E-state index contributed by atoms with van der Waals surface area (Å²) in [5.74, 6) is 0.332. The van der Waals surface area contributed by atoms with Gasteiger partial charge in [-0.25, -0.2) is 0 Å². The number of carbonyl (C=O) groups excluding carboxylic acids is 1. The van der Waals surface area contributed by atoms with E-state index < -0.39 is 5.91 Å². The third-order valence-corrected chi connectivity index (χ3v) is 4.08. The molecular weight excluding hydrogens is 318 g/mol. The van der Waals surface area contributed by atoms with Gasteiger partial charge in [0.25, 0.3) is 5.91 Å². The minimum Gasteiger partial charge on any atom is -0.349 e. The molecule has 2 aromatic rings. The summed E-state index contributed by atoms with van der Waals surface area (Å²) in [6.07, 6.45) is 0. The number of nitrogens with zero attached hydrogens (tertiary/aromatic N) is 1. The lowest BCUT2D eigenvalue weighted by atomic mass is 10.2. The Morgan fingerprint density at radius 1 is 1.04 bits per heavy atom. The predicted molar refractivity (Wildman–Crippen MR) is 101 cm³/mol. The number of hydrogen-bond acceptors (Lipinski definition) is 4. The first-order chi connectivity index (χ1) is 11.6. The Bertz CT molecular complexity index is 761. The number of anilines is 2. The number of hydrogen-bond donors (Lipinski definition) is 2. The highest BCUT2D eigenvalue weighted by atomic mass is 32.2. The average molecular weight is 337 g/mol. The van der Waals surface area contributed by atoms with Gasteiger partial charge < -0.3 is 10.6 Å². The maximum absolute atomic E-state index is 12.5. The third-order valence-electron chi connectivity index (χ3n) is 3.20. The Morgan fingerprint density at radius 3 is 2.25 bits per heavy atom. The number of nitriles is 1. The quantitative estimate of drug-likeness (QED) is 0.600. The van der Waals surface area contributed by atoms with Gasteiger partial charge in [-0.15, -0.1) is 11.8 Å². The Hall–Kier alpha value is -2.71. The summed E-state index contributed by atoms with van der Waals surface area (Å²) in [6, 6.07) is 19.0. The molecule has 0 heterocycles. The summed E-state index contributed by atoms with van der Waals surface area (Å²) < 4.78 is 0. The summed E-state index contributed by atoms with van der Waals surface area (Å²) in [4.78, 5) is 12.5. The molecule has 0 aromatic heterocycles. The number of para-hydroxylation sites is 1. The Kier molecular flexibility index (Phi) is 6.47. The van der Waals surface area contributed by atoms with Crippen molar-refractivity contribution in [1.29, 1.82) is 5.26 Å². The van der Waals surface area contributed by atoms with Gasteiger partial charge in [0.05, 0.1) is 5.03 Å². The molecular formula is C19H19N3OS. The zero-order valence-corrected chi connectivity index (χ0v) is 14.5. The minimum atomic E-state index is -0.416. The molecule has 24 heavy (non-hydrogen) atoms. The zero-order chi connectivity index (χ0) is 17.4. The maximum Gasteiger partial charge on any atom is 0.269 e. The van der Waals surface area contributed by atoms with Crippen molar-refractivity contribution in [3.05, 3.63) is 70.8 Å². The molecule has 0 aliphatic rings. The van der Waals surface area contributed by atoms with Gasteiger partial charge in [0.15, 0.2) is 0 Å².